The quantitative estimate of drug-likeness (QED) is 0.906. The van der Waals surface area contributed by atoms with Crippen molar-refractivity contribution in [3.8, 4) is 0 Å². The highest BCUT2D eigenvalue weighted by Gasteiger charge is 2.30. The molecule has 1 aliphatic rings. The number of aromatic nitrogens is 1. The van der Waals surface area contributed by atoms with Gasteiger partial charge in [-0.15, -0.1) is 0 Å². The van der Waals surface area contributed by atoms with Crippen LogP contribution in [0.3, 0.4) is 0 Å². The second kappa shape index (κ2) is 6.81. The van der Waals surface area contributed by atoms with Gasteiger partial charge in [0.15, 0.2) is 0 Å². The van der Waals surface area contributed by atoms with Crippen LogP contribution in [0.25, 0.3) is 0 Å². The highest BCUT2D eigenvalue weighted by molar-refractivity contribution is 7.99. The van der Waals surface area contributed by atoms with E-state index in [1.807, 2.05) is 36.0 Å². The van der Waals surface area contributed by atoms with Crippen LogP contribution in [0, 0.1) is 6.92 Å². The molecule has 1 unspecified atom stereocenters. The van der Waals surface area contributed by atoms with E-state index in [2.05, 4.69) is 4.98 Å². The van der Waals surface area contributed by atoms with Crippen molar-refractivity contribution < 1.29 is 4.79 Å². The number of hydrogen-bond acceptors (Lipinski definition) is 3. The molecule has 1 aliphatic heterocycles. The second-order valence-electron chi connectivity index (χ2n) is 5.52. The molecule has 2 heterocycles. The Morgan fingerprint density at radius 1 is 1.26 bits per heavy atom. The SMILES string of the molecule is Cc1ccc(C(=O)N2CCSCC2c2ccc(Cl)cc2)c(=O)[nH]1. The monoisotopic (exact) mass is 348 g/mol. The number of rotatable bonds is 2. The third-order valence-electron chi connectivity index (χ3n) is 3.93. The lowest BCUT2D eigenvalue weighted by Gasteiger charge is -2.35. The van der Waals surface area contributed by atoms with Gasteiger partial charge in [-0.05, 0) is 36.8 Å². The van der Waals surface area contributed by atoms with Gasteiger partial charge in [0.05, 0.1) is 6.04 Å². The van der Waals surface area contributed by atoms with Crippen LogP contribution < -0.4 is 5.56 Å². The van der Waals surface area contributed by atoms with E-state index in [1.54, 1.807) is 24.0 Å². The smallest absolute Gasteiger partial charge is 0.260 e. The molecule has 2 aromatic rings. The van der Waals surface area contributed by atoms with Gasteiger partial charge < -0.3 is 9.88 Å². The number of thioether (sulfide) groups is 1. The number of nitrogens with zero attached hydrogens (tertiary/aromatic N) is 1. The van der Waals surface area contributed by atoms with Gasteiger partial charge in [-0.25, -0.2) is 0 Å². The summed E-state index contributed by atoms with van der Waals surface area (Å²) in [5, 5.41) is 0.671. The number of H-pyrrole nitrogens is 1. The largest absolute Gasteiger partial charge is 0.330 e. The van der Waals surface area contributed by atoms with Gasteiger partial charge in [-0.3, -0.25) is 9.59 Å². The summed E-state index contributed by atoms with van der Waals surface area (Å²) in [7, 11) is 0. The number of aryl methyl sites for hydroxylation is 1. The molecule has 1 atom stereocenters. The molecule has 4 nitrogen and oxygen atoms in total. The first-order valence-corrected chi connectivity index (χ1v) is 8.93. The molecule has 1 saturated heterocycles. The summed E-state index contributed by atoms with van der Waals surface area (Å²) in [5.74, 6) is 1.48. The Morgan fingerprint density at radius 2 is 2.00 bits per heavy atom. The lowest BCUT2D eigenvalue weighted by atomic mass is 10.1. The Kier molecular flexibility index (Phi) is 4.78. The van der Waals surface area contributed by atoms with Gasteiger partial charge in [0.1, 0.15) is 5.56 Å². The number of amides is 1. The average Bonchev–Trinajstić information content (AvgIpc) is 2.55. The van der Waals surface area contributed by atoms with Gasteiger partial charge in [0.25, 0.3) is 11.5 Å². The fraction of sp³-hybridized carbons (Fsp3) is 0.294. The van der Waals surface area contributed by atoms with Crippen LogP contribution in [0.15, 0.2) is 41.2 Å². The van der Waals surface area contributed by atoms with Crippen LogP contribution in [-0.4, -0.2) is 33.8 Å². The number of carbonyl (C=O) groups excluding carboxylic acids is 1. The molecule has 1 aromatic heterocycles. The van der Waals surface area contributed by atoms with Crippen molar-refractivity contribution in [2.45, 2.75) is 13.0 Å². The molecule has 1 aromatic carbocycles. The predicted molar refractivity (Wildman–Crippen MR) is 94.4 cm³/mol. The Morgan fingerprint density at radius 3 is 2.70 bits per heavy atom. The first-order chi connectivity index (χ1) is 11.1. The number of benzene rings is 1. The third-order valence-corrected chi connectivity index (χ3v) is 5.20. The summed E-state index contributed by atoms with van der Waals surface area (Å²) in [6, 6.07) is 10.9. The van der Waals surface area contributed by atoms with Gasteiger partial charge in [0.2, 0.25) is 0 Å². The zero-order chi connectivity index (χ0) is 16.4. The highest BCUT2D eigenvalue weighted by Crippen LogP contribution is 2.31. The van der Waals surface area contributed by atoms with E-state index in [-0.39, 0.29) is 23.1 Å². The normalized spacial score (nSPS) is 18.0. The molecule has 1 fully saturated rings. The summed E-state index contributed by atoms with van der Waals surface area (Å²) in [5.41, 5.74) is 1.65. The molecule has 0 spiro atoms. The summed E-state index contributed by atoms with van der Waals surface area (Å²) in [4.78, 5) is 29.4. The van der Waals surface area contributed by atoms with Crippen LogP contribution in [0.5, 0.6) is 0 Å². The second-order valence-corrected chi connectivity index (χ2v) is 7.11. The van der Waals surface area contributed by atoms with E-state index in [4.69, 9.17) is 11.6 Å². The highest BCUT2D eigenvalue weighted by atomic mass is 35.5. The van der Waals surface area contributed by atoms with Crippen LogP contribution in [0.4, 0.5) is 0 Å². The Labute approximate surface area is 143 Å². The molecular weight excluding hydrogens is 332 g/mol. The van der Waals surface area contributed by atoms with Crippen molar-refractivity contribution in [1.82, 2.24) is 9.88 Å². The molecular formula is C17H17ClN2O2S. The zero-order valence-electron chi connectivity index (χ0n) is 12.7. The van der Waals surface area contributed by atoms with Crippen LogP contribution in [-0.2, 0) is 0 Å². The van der Waals surface area contributed by atoms with E-state index in [1.165, 1.54) is 0 Å². The number of nitrogens with one attached hydrogen (secondary N) is 1. The fourth-order valence-corrected chi connectivity index (χ4v) is 3.92. The van der Waals surface area contributed by atoms with E-state index < -0.39 is 0 Å². The van der Waals surface area contributed by atoms with Gasteiger partial charge in [-0.2, -0.15) is 11.8 Å². The lowest BCUT2D eigenvalue weighted by molar-refractivity contribution is 0.0699. The summed E-state index contributed by atoms with van der Waals surface area (Å²) in [6.07, 6.45) is 0. The maximum Gasteiger partial charge on any atom is 0.260 e. The number of halogens is 1. The van der Waals surface area contributed by atoms with E-state index in [0.29, 0.717) is 11.6 Å². The first kappa shape index (κ1) is 16.1. The van der Waals surface area contributed by atoms with Crippen molar-refractivity contribution in [1.29, 1.82) is 0 Å². The summed E-state index contributed by atoms with van der Waals surface area (Å²) >= 11 is 7.76. The number of carbonyl (C=O) groups is 1. The first-order valence-electron chi connectivity index (χ1n) is 7.40. The van der Waals surface area contributed by atoms with Gasteiger partial charge in [0, 0.05) is 28.8 Å². The Balaban J connectivity index is 1.93. The Bertz CT molecular complexity index is 773. The maximum absolute atomic E-state index is 12.9. The van der Waals surface area contributed by atoms with Gasteiger partial charge >= 0.3 is 0 Å². The molecule has 120 valence electrons. The van der Waals surface area contributed by atoms with Crippen molar-refractivity contribution >= 4 is 29.3 Å². The van der Waals surface area contributed by atoms with Gasteiger partial charge in [-0.1, -0.05) is 23.7 Å². The van der Waals surface area contributed by atoms with Crippen LogP contribution in [0.1, 0.15) is 27.7 Å². The molecule has 0 bridgehead atoms. The lowest BCUT2D eigenvalue weighted by Crippen LogP contribution is -2.42. The fourth-order valence-electron chi connectivity index (χ4n) is 2.70. The van der Waals surface area contributed by atoms with Crippen LogP contribution >= 0.6 is 23.4 Å². The molecule has 1 amide bonds. The molecule has 0 radical (unpaired) electrons. The minimum Gasteiger partial charge on any atom is -0.330 e. The summed E-state index contributed by atoms with van der Waals surface area (Å²) in [6.45, 7) is 2.42. The topological polar surface area (TPSA) is 53.2 Å². The zero-order valence-corrected chi connectivity index (χ0v) is 14.3. The van der Waals surface area contributed by atoms with Crippen LogP contribution in [0.2, 0.25) is 5.02 Å². The van der Waals surface area contributed by atoms with Crippen molar-refractivity contribution in [3.05, 3.63) is 68.6 Å². The maximum atomic E-state index is 12.9. The molecule has 6 heteroatoms. The number of aromatic amines is 1. The molecule has 23 heavy (non-hydrogen) atoms. The summed E-state index contributed by atoms with van der Waals surface area (Å²) < 4.78 is 0. The molecule has 3 rings (SSSR count). The minimum atomic E-state index is -0.330. The molecule has 1 N–H and O–H groups in total. The minimum absolute atomic E-state index is 0.0424. The number of pyridine rings is 1. The Hall–Kier alpha value is -1.72. The van der Waals surface area contributed by atoms with Crippen molar-refractivity contribution in [2.24, 2.45) is 0 Å². The number of hydrogen-bond donors (Lipinski definition) is 1. The molecule has 0 aliphatic carbocycles. The van der Waals surface area contributed by atoms with Crippen molar-refractivity contribution in [3.63, 3.8) is 0 Å². The standard InChI is InChI=1S/C17H17ClN2O2S/c1-11-2-7-14(16(21)19-11)17(22)20-8-9-23-10-15(20)12-3-5-13(18)6-4-12/h2-7,15H,8-10H2,1H3,(H,19,21). The van der Waals surface area contributed by atoms with E-state index in [0.717, 1.165) is 22.8 Å². The van der Waals surface area contributed by atoms with E-state index in [9.17, 15) is 9.59 Å². The average molecular weight is 349 g/mol. The van der Waals surface area contributed by atoms with E-state index >= 15 is 0 Å². The van der Waals surface area contributed by atoms with Crippen molar-refractivity contribution in [2.75, 3.05) is 18.1 Å². The third kappa shape index (κ3) is 3.46. The molecule has 0 saturated carbocycles. The predicted octanol–water partition coefficient (Wildman–Crippen LogP) is 3.27.